The van der Waals surface area contributed by atoms with Crippen LogP contribution in [-0.4, -0.2) is 24.9 Å². The summed E-state index contributed by atoms with van der Waals surface area (Å²) in [6.45, 7) is 16.4. The second-order valence-electron chi connectivity index (χ2n) is 10.8. The van der Waals surface area contributed by atoms with Gasteiger partial charge in [-0.05, 0) is 61.1 Å². The number of aliphatic imine (C=N–C) groups is 1. The summed E-state index contributed by atoms with van der Waals surface area (Å²) in [7, 11) is 3.19. The first-order valence-electron chi connectivity index (χ1n) is 13.3. The topological polar surface area (TPSA) is 84.0 Å². The molecule has 0 unspecified atom stereocenters. The van der Waals surface area contributed by atoms with Crippen molar-refractivity contribution in [3.8, 4) is 23.3 Å². The zero-order valence-corrected chi connectivity index (χ0v) is 22.9. The van der Waals surface area contributed by atoms with Gasteiger partial charge in [-0.25, -0.2) is 4.85 Å². The third-order valence-electron chi connectivity index (χ3n) is 7.41. The number of aromatic amines is 1. The zero-order chi connectivity index (χ0) is 27.1. The lowest BCUT2D eigenvalue weighted by Crippen LogP contribution is -2.08. The molecule has 2 saturated carbocycles. The SMILES string of the molecule is [C-]#[N+]C1=C(C(C)C)/C(=C(\Oc2c(OC)cccc2OC)c2[nH]c(C3CC3)c(C#N)c2C(C)C)N=C1C1CC1. The van der Waals surface area contributed by atoms with Gasteiger partial charge >= 0.3 is 0 Å². The number of H-pyrrole nitrogens is 1. The molecule has 1 aliphatic heterocycles. The van der Waals surface area contributed by atoms with Gasteiger partial charge in [-0.1, -0.05) is 33.8 Å². The Labute approximate surface area is 224 Å². The molecule has 0 amide bonds. The van der Waals surface area contributed by atoms with Crippen LogP contribution in [0, 0.1) is 29.7 Å². The van der Waals surface area contributed by atoms with Crippen LogP contribution in [0.3, 0.4) is 0 Å². The van der Waals surface area contributed by atoms with Crippen LogP contribution in [0.5, 0.6) is 17.2 Å². The van der Waals surface area contributed by atoms with Crippen molar-refractivity contribution in [2.45, 2.75) is 65.2 Å². The highest BCUT2D eigenvalue weighted by molar-refractivity contribution is 6.10. The predicted octanol–water partition coefficient (Wildman–Crippen LogP) is 7.35. The Kier molecular flexibility index (Phi) is 6.80. The van der Waals surface area contributed by atoms with E-state index in [0.29, 0.717) is 51.8 Å². The van der Waals surface area contributed by atoms with Gasteiger partial charge in [0.2, 0.25) is 11.4 Å². The minimum absolute atomic E-state index is 0.0445. The second kappa shape index (κ2) is 10.1. The number of methoxy groups -OCH3 is 2. The molecule has 0 saturated heterocycles. The molecule has 0 bridgehead atoms. The molecule has 1 aromatic heterocycles. The molecular formula is C31H34N4O3. The monoisotopic (exact) mass is 510 g/mol. The van der Waals surface area contributed by atoms with Crippen molar-refractivity contribution in [3.05, 3.63) is 69.1 Å². The maximum absolute atomic E-state index is 10.2. The number of nitrogens with zero attached hydrogens (tertiary/aromatic N) is 3. The molecule has 2 aromatic rings. The Morgan fingerprint density at radius 2 is 1.68 bits per heavy atom. The normalized spacial score (nSPS) is 18.4. The summed E-state index contributed by atoms with van der Waals surface area (Å²) in [6, 6.07) is 7.98. The number of hydrogen-bond donors (Lipinski definition) is 1. The fraction of sp³-hybridized carbons (Fsp3) is 0.452. The van der Waals surface area contributed by atoms with Crippen LogP contribution in [0.25, 0.3) is 10.6 Å². The molecule has 0 radical (unpaired) electrons. The van der Waals surface area contributed by atoms with Crippen molar-refractivity contribution < 1.29 is 14.2 Å². The molecule has 2 aliphatic carbocycles. The third-order valence-corrected chi connectivity index (χ3v) is 7.41. The highest BCUT2D eigenvalue weighted by Gasteiger charge is 2.40. The molecule has 0 spiro atoms. The molecule has 38 heavy (non-hydrogen) atoms. The number of hydrogen-bond acceptors (Lipinski definition) is 5. The third kappa shape index (κ3) is 4.37. The summed E-state index contributed by atoms with van der Waals surface area (Å²) >= 11 is 0. The molecule has 7 heteroatoms. The van der Waals surface area contributed by atoms with E-state index in [1.54, 1.807) is 14.2 Å². The van der Waals surface area contributed by atoms with Crippen LogP contribution in [0.4, 0.5) is 0 Å². The van der Waals surface area contributed by atoms with Crippen molar-refractivity contribution in [1.82, 2.24) is 4.98 Å². The van der Waals surface area contributed by atoms with Crippen LogP contribution < -0.4 is 14.2 Å². The van der Waals surface area contributed by atoms with Crippen LogP contribution in [0.2, 0.25) is 0 Å². The van der Waals surface area contributed by atoms with Gasteiger partial charge < -0.3 is 19.2 Å². The van der Waals surface area contributed by atoms with Gasteiger partial charge in [0.1, 0.15) is 6.07 Å². The lowest BCUT2D eigenvalue weighted by atomic mass is 9.93. The first-order chi connectivity index (χ1) is 18.3. The average Bonchev–Trinajstić information content (AvgIpc) is 3.85. The van der Waals surface area contributed by atoms with Gasteiger partial charge in [-0.3, -0.25) is 4.99 Å². The summed E-state index contributed by atoms with van der Waals surface area (Å²) < 4.78 is 18.1. The van der Waals surface area contributed by atoms with E-state index in [-0.39, 0.29) is 11.8 Å². The van der Waals surface area contributed by atoms with Crippen LogP contribution in [-0.2, 0) is 0 Å². The number of aromatic nitrogens is 1. The predicted molar refractivity (Wildman–Crippen MR) is 147 cm³/mol. The number of nitriles is 1. The largest absolute Gasteiger partial charge is 0.493 e. The molecule has 196 valence electrons. The first kappa shape index (κ1) is 25.7. The highest BCUT2D eigenvalue weighted by Crippen LogP contribution is 2.49. The van der Waals surface area contributed by atoms with Gasteiger partial charge in [0.05, 0.1) is 43.5 Å². The molecule has 2 fully saturated rings. The quantitative estimate of drug-likeness (QED) is 0.282. The Bertz CT molecular complexity index is 1430. The minimum Gasteiger partial charge on any atom is -0.493 e. The average molecular weight is 511 g/mol. The maximum atomic E-state index is 10.2. The fourth-order valence-corrected chi connectivity index (χ4v) is 5.29. The molecule has 0 atom stereocenters. The van der Waals surface area contributed by atoms with E-state index in [0.717, 1.165) is 53.9 Å². The summed E-state index contributed by atoms with van der Waals surface area (Å²) in [5, 5.41) is 10.2. The smallest absolute Gasteiger partial charge is 0.214 e. The number of ether oxygens (including phenoxy) is 3. The Morgan fingerprint density at radius 1 is 1.05 bits per heavy atom. The molecule has 1 N–H and O–H groups in total. The highest BCUT2D eigenvalue weighted by atomic mass is 16.5. The Hall–Kier alpha value is -3.97. The summed E-state index contributed by atoms with van der Waals surface area (Å²) in [5.41, 5.74) is 6.31. The second-order valence-corrected chi connectivity index (χ2v) is 10.8. The van der Waals surface area contributed by atoms with Crippen LogP contribution in [0.1, 0.15) is 87.7 Å². The number of rotatable bonds is 9. The molecule has 2 heterocycles. The molecule has 3 aliphatic rings. The van der Waals surface area contributed by atoms with Crippen LogP contribution in [0.15, 0.2) is 40.2 Å². The van der Waals surface area contributed by atoms with Crippen molar-refractivity contribution in [3.63, 3.8) is 0 Å². The molecule has 1 aromatic carbocycles. The number of para-hydroxylation sites is 1. The number of nitrogens with one attached hydrogen (secondary N) is 1. The van der Waals surface area contributed by atoms with E-state index >= 15 is 0 Å². The molecule has 5 rings (SSSR count). The lowest BCUT2D eigenvalue weighted by Gasteiger charge is -2.20. The van der Waals surface area contributed by atoms with Gasteiger partial charge in [-0.2, -0.15) is 5.26 Å². The van der Waals surface area contributed by atoms with Gasteiger partial charge in [-0.15, -0.1) is 0 Å². The van der Waals surface area contributed by atoms with Gasteiger partial charge in [0.15, 0.2) is 17.3 Å². The molecular weight excluding hydrogens is 476 g/mol. The summed E-state index contributed by atoms with van der Waals surface area (Å²) in [4.78, 5) is 12.7. The summed E-state index contributed by atoms with van der Waals surface area (Å²) in [5.74, 6) is 2.72. The van der Waals surface area contributed by atoms with E-state index in [2.05, 4.69) is 43.6 Å². The Balaban J connectivity index is 1.85. The first-order valence-corrected chi connectivity index (χ1v) is 13.3. The van der Waals surface area contributed by atoms with E-state index in [1.807, 2.05) is 18.2 Å². The van der Waals surface area contributed by atoms with Crippen molar-refractivity contribution >= 4 is 11.5 Å². The van der Waals surface area contributed by atoms with Crippen molar-refractivity contribution in [2.24, 2.45) is 16.8 Å². The standard InChI is InChI=1S/C31H34N4O3/c1-16(2)23-20(15-32)25(18-11-12-18)34-28(23)31(38-30-21(36-6)9-8-10-22(30)37-7)29-24(17(3)4)27(33-5)26(35-29)19-13-14-19/h8-10,16-19,34H,11-14H2,1-4,6-7H3/b31-29+. The van der Waals surface area contributed by atoms with E-state index < -0.39 is 0 Å². The minimum atomic E-state index is 0.0445. The van der Waals surface area contributed by atoms with Gasteiger partial charge in [0.25, 0.3) is 0 Å². The van der Waals surface area contributed by atoms with Crippen molar-refractivity contribution in [2.75, 3.05) is 14.2 Å². The number of benzene rings is 1. The lowest BCUT2D eigenvalue weighted by molar-refractivity contribution is 0.352. The fourth-order valence-electron chi connectivity index (χ4n) is 5.29. The Morgan fingerprint density at radius 3 is 2.16 bits per heavy atom. The van der Waals surface area contributed by atoms with Gasteiger partial charge in [0, 0.05) is 17.2 Å². The van der Waals surface area contributed by atoms with Crippen LogP contribution >= 0.6 is 0 Å². The number of allylic oxidation sites excluding steroid dienone is 2. The molecule has 7 nitrogen and oxygen atoms in total. The summed E-state index contributed by atoms with van der Waals surface area (Å²) in [6.07, 6.45) is 4.19. The van der Waals surface area contributed by atoms with E-state index in [1.165, 1.54) is 0 Å². The van der Waals surface area contributed by atoms with E-state index in [4.69, 9.17) is 25.8 Å². The van der Waals surface area contributed by atoms with E-state index in [9.17, 15) is 5.26 Å². The van der Waals surface area contributed by atoms with Crippen molar-refractivity contribution in [1.29, 1.82) is 5.26 Å². The zero-order valence-electron chi connectivity index (χ0n) is 22.9. The maximum Gasteiger partial charge on any atom is 0.214 e.